The minimum atomic E-state index is -4.40. The molecule has 1 spiro atoms. The van der Waals surface area contributed by atoms with Crippen molar-refractivity contribution in [3.8, 4) is 5.75 Å². The van der Waals surface area contributed by atoms with Crippen molar-refractivity contribution < 1.29 is 32.2 Å². The number of halogens is 3. The minimum Gasteiger partial charge on any atom is -0.487 e. The van der Waals surface area contributed by atoms with Gasteiger partial charge in [0.2, 0.25) is 0 Å². The normalized spacial score (nSPS) is 20.2. The van der Waals surface area contributed by atoms with Gasteiger partial charge in [0.1, 0.15) is 18.0 Å². The third-order valence-corrected chi connectivity index (χ3v) is 6.43. The molecule has 6 nitrogen and oxygen atoms in total. The van der Waals surface area contributed by atoms with Gasteiger partial charge in [0.15, 0.2) is 0 Å². The lowest BCUT2D eigenvalue weighted by atomic mass is 9.83. The maximum absolute atomic E-state index is 12.7. The highest BCUT2D eigenvalue weighted by Crippen LogP contribution is 2.43. The Kier molecular flexibility index (Phi) is 6.99. The molecule has 0 N–H and O–H groups in total. The second kappa shape index (κ2) is 9.68. The Bertz CT molecular complexity index is 1010. The van der Waals surface area contributed by atoms with Crippen LogP contribution >= 0.6 is 0 Å². The number of aromatic nitrogens is 1. The molecule has 9 heteroatoms. The Balaban J connectivity index is 1.27. The van der Waals surface area contributed by atoms with E-state index in [0.717, 1.165) is 37.1 Å². The van der Waals surface area contributed by atoms with E-state index in [1.807, 2.05) is 45.0 Å². The summed E-state index contributed by atoms with van der Waals surface area (Å²) in [6.07, 6.45) is -1.40. The maximum Gasteiger partial charge on any atom is 0.417 e. The number of pyridine rings is 1. The zero-order chi connectivity index (χ0) is 25.3. The van der Waals surface area contributed by atoms with E-state index < -0.39 is 17.3 Å². The van der Waals surface area contributed by atoms with Gasteiger partial charge in [0.25, 0.3) is 0 Å². The average Bonchev–Trinajstić information content (AvgIpc) is 3.20. The molecule has 2 saturated heterocycles. The topological polar surface area (TPSA) is 60.9 Å². The summed E-state index contributed by atoms with van der Waals surface area (Å²) in [6.45, 7) is 7.54. The first-order valence-corrected chi connectivity index (χ1v) is 11.8. The monoisotopic (exact) mass is 492 g/mol. The number of benzene rings is 1. The summed E-state index contributed by atoms with van der Waals surface area (Å²) in [6, 6.07) is 10.0. The summed E-state index contributed by atoms with van der Waals surface area (Å²) in [7, 11) is 0. The van der Waals surface area contributed by atoms with Crippen LogP contribution in [0.2, 0.25) is 0 Å². The molecule has 2 aromatic rings. The van der Waals surface area contributed by atoms with Crippen molar-refractivity contribution in [3.63, 3.8) is 0 Å². The molecule has 0 radical (unpaired) electrons. The molecule has 1 aromatic heterocycles. The van der Waals surface area contributed by atoms with Crippen LogP contribution in [0.5, 0.6) is 5.75 Å². The first-order valence-electron chi connectivity index (χ1n) is 11.8. The Hall–Kier alpha value is -2.81. The van der Waals surface area contributed by atoms with Crippen LogP contribution in [-0.2, 0) is 22.3 Å². The molecule has 0 saturated carbocycles. The smallest absolute Gasteiger partial charge is 0.417 e. The molecular weight excluding hydrogens is 461 g/mol. The largest absolute Gasteiger partial charge is 0.487 e. The minimum absolute atomic E-state index is 0.0846. The van der Waals surface area contributed by atoms with Crippen molar-refractivity contribution >= 4 is 6.09 Å². The van der Waals surface area contributed by atoms with Crippen LogP contribution in [-0.4, -0.2) is 46.9 Å². The van der Waals surface area contributed by atoms with Crippen molar-refractivity contribution in [1.29, 1.82) is 0 Å². The van der Waals surface area contributed by atoms with Gasteiger partial charge in [-0.2, -0.15) is 13.2 Å². The van der Waals surface area contributed by atoms with Gasteiger partial charge in [-0.15, -0.1) is 0 Å². The predicted molar refractivity (Wildman–Crippen MR) is 123 cm³/mol. The Morgan fingerprint density at radius 2 is 1.80 bits per heavy atom. The molecule has 2 aliphatic rings. The molecule has 2 aliphatic heterocycles. The SMILES string of the molecule is CC(C)(C)OC(=O)N1CCC2(CC1)C[C@H](c1ccc(OCc3ccc(C(F)(F)F)cn3)cc1)CO2. The summed E-state index contributed by atoms with van der Waals surface area (Å²) < 4.78 is 55.4. The number of rotatable bonds is 4. The molecule has 1 atom stereocenters. The second-order valence-electron chi connectivity index (χ2n) is 10.3. The van der Waals surface area contributed by atoms with E-state index >= 15 is 0 Å². The van der Waals surface area contributed by atoms with E-state index in [4.69, 9.17) is 14.2 Å². The summed E-state index contributed by atoms with van der Waals surface area (Å²) in [5, 5.41) is 0. The van der Waals surface area contributed by atoms with Crippen LogP contribution < -0.4 is 4.74 Å². The van der Waals surface area contributed by atoms with E-state index in [1.54, 1.807) is 4.90 Å². The number of piperidine rings is 1. The van der Waals surface area contributed by atoms with Crippen molar-refractivity contribution in [2.75, 3.05) is 19.7 Å². The summed E-state index contributed by atoms with van der Waals surface area (Å²) in [4.78, 5) is 17.9. The van der Waals surface area contributed by atoms with Crippen LogP contribution in [0, 0.1) is 0 Å². The number of carbonyl (C=O) groups is 1. The number of hydrogen-bond acceptors (Lipinski definition) is 5. The van der Waals surface area contributed by atoms with Crippen molar-refractivity contribution in [3.05, 3.63) is 59.4 Å². The lowest BCUT2D eigenvalue weighted by molar-refractivity contribution is -0.137. The molecule has 0 unspecified atom stereocenters. The van der Waals surface area contributed by atoms with Crippen molar-refractivity contribution in [1.82, 2.24) is 9.88 Å². The summed E-state index contributed by atoms with van der Waals surface area (Å²) >= 11 is 0. The number of nitrogens with zero attached hydrogens (tertiary/aromatic N) is 2. The van der Waals surface area contributed by atoms with E-state index in [1.165, 1.54) is 6.07 Å². The molecule has 1 aromatic carbocycles. The highest BCUT2D eigenvalue weighted by atomic mass is 19.4. The molecule has 3 heterocycles. The number of alkyl halides is 3. The molecule has 1 amide bonds. The van der Waals surface area contributed by atoms with Crippen molar-refractivity contribution in [2.45, 2.75) is 69.9 Å². The first-order chi connectivity index (χ1) is 16.4. The molecule has 35 heavy (non-hydrogen) atoms. The summed E-state index contributed by atoms with van der Waals surface area (Å²) in [5.41, 5.74) is 0.0674. The van der Waals surface area contributed by atoms with E-state index in [-0.39, 0.29) is 24.2 Å². The fourth-order valence-corrected chi connectivity index (χ4v) is 4.50. The standard InChI is InChI=1S/C26H31F3N2O4/c1-24(2,3)35-23(32)31-12-10-25(11-13-31)14-19(16-34-25)18-4-8-22(9-5-18)33-17-21-7-6-20(15-30-21)26(27,28)29/h4-9,15,19H,10-14,16-17H2,1-3H3/t19-/m0/s1. The van der Waals surface area contributed by atoms with E-state index in [0.29, 0.717) is 31.1 Å². The highest BCUT2D eigenvalue weighted by molar-refractivity contribution is 5.68. The lowest BCUT2D eigenvalue weighted by Crippen LogP contribution is -2.47. The maximum atomic E-state index is 12.7. The van der Waals surface area contributed by atoms with E-state index in [2.05, 4.69) is 4.98 Å². The third-order valence-electron chi connectivity index (χ3n) is 6.43. The Morgan fingerprint density at radius 1 is 1.11 bits per heavy atom. The van der Waals surface area contributed by atoms with Gasteiger partial charge in [0.05, 0.1) is 23.5 Å². The molecule has 0 aliphatic carbocycles. The Morgan fingerprint density at radius 3 is 2.37 bits per heavy atom. The second-order valence-corrected chi connectivity index (χ2v) is 10.3. The van der Waals surface area contributed by atoms with Crippen LogP contribution in [0.25, 0.3) is 0 Å². The van der Waals surface area contributed by atoms with Gasteiger partial charge in [-0.05, 0) is 69.9 Å². The molecule has 4 rings (SSSR count). The van der Waals surface area contributed by atoms with Gasteiger partial charge in [-0.3, -0.25) is 4.98 Å². The molecular formula is C26H31F3N2O4. The van der Waals surface area contributed by atoms with Crippen LogP contribution in [0.3, 0.4) is 0 Å². The van der Waals surface area contributed by atoms with Gasteiger partial charge >= 0.3 is 12.3 Å². The number of hydrogen-bond donors (Lipinski definition) is 0. The number of carbonyl (C=O) groups excluding carboxylic acids is 1. The Labute approximate surface area is 203 Å². The van der Waals surface area contributed by atoms with Gasteiger partial charge in [-0.1, -0.05) is 12.1 Å². The lowest BCUT2D eigenvalue weighted by Gasteiger charge is -2.39. The van der Waals surface area contributed by atoms with Gasteiger partial charge < -0.3 is 19.1 Å². The first kappa shape index (κ1) is 25.3. The van der Waals surface area contributed by atoms with Crippen LogP contribution in [0.1, 0.15) is 62.8 Å². The van der Waals surface area contributed by atoms with Gasteiger partial charge in [0, 0.05) is 25.2 Å². The molecule has 2 fully saturated rings. The fraction of sp³-hybridized carbons (Fsp3) is 0.538. The van der Waals surface area contributed by atoms with Gasteiger partial charge in [-0.25, -0.2) is 4.79 Å². The highest BCUT2D eigenvalue weighted by Gasteiger charge is 2.44. The van der Waals surface area contributed by atoms with Crippen LogP contribution in [0.4, 0.5) is 18.0 Å². The number of likely N-dealkylation sites (tertiary alicyclic amines) is 1. The predicted octanol–water partition coefficient (Wildman–Crippen LogP) is 5.95. The van der Waals surface area contributed by atoms with Crippen LogP contribution in [0.15, 0.2) is 42.6 Å². The average molecular weight is 493 g/mol. The fourth-order valence-electron chi connectivity index (χ4n) is 4.50. The van der Waals surface area contributed by atoms with Crippen molar-refractivity contribution in [2.24, 2.45) is 0 Å². The molecule has 190 valence electrons. The zero-order valence-corrected chi connectivity index (χ0v) is 20.2. The third kappa shape index (κ3) is 6.45. The van der Waals surface area contributed by atoms with E-state index in [9.17, 15) is 18.0 Å². The zero-order valence-electron chi connectivity index (χ0n) is 20.2. The number of ether oxygens (including phenoxy) is 3. The summed E-state index contributed by atoms with van der Waals surface area (Å²) in [5.74, 6) is 0.878. The molecule has 0 bridgehead atoms. The number of amides is 1. The quantitative estimate of drug-likeness (QED) is 0.528.